The maximum absolute atomic E-state index is 11.7. The van der Waals surface area contributed by atoms with Crippen molar-refractivity contribution in [2.75, 3.05) is 0 Å². The predicted molar refractivity (Wildman–Crippen MR) is 85.9 cm³/mol. The first-order chi connectivity index (χ1) is 10.2. The van der Waals surface area contributed by atoms with Crippen molar-refractivity contribution < 1.29 is 4.92 Å². The van der Waals surface area contributed by atoms with Gasteiger partial charge in [-0.25, -0.2) is 0 Å². The number of nitrogens with one attached hydrogen (secondary N) is 1. The third-order valence-electron chi connectivity index (χ3n) is 2.80. The van der Waals surface area contributed by atoms with Gasteiger partial charge in [-0.2, -0.15) is 0 Å². The molecule has 1 aromatic carbocycles. The zero-order chi connectivity index (χ0) is 15.4. The molecule has 5 nitrogen and oxygen atoms in total. The average molecular weight is 302 g/mol. The summed E-state index contributed by atoms with van der Waals surface area (Å²) < 4.78 is 0.410. The summed E-state index contributed by atoms with van der Waals surface area (Å²) in [7, 11) is 0. The van der Waals surface area contributed by atoms with Gasteiger partial charge in [0.05, 0.1) is 16.5 Å². The van der Waals surface area contributed by atoms with E-state index in [9.17, 15) is 14.9 Å². The van der Waals surface area contributed by atoms with Gasteiger partial charge in [0.15, 0.2) is 0 Å². The van der Waals surface area contributed by atoms with Gasteiger partial charge in [-0.1, -0.05) is 44.2 Å². The van der Waals surface area contributed by atoms with Crippen molar-refractivity contribution in [1.82, 2.24) is 4.98 Å². The first-order valence-electron chi connectivity index (χ1n) is 6.52. The molecule has 0 fully saturated rings. The van der Waals surface area contributed by atoms with Crippen molar-refractivity contribution in [1.29, 1.82) is 0 Å². The zero-order valence-corrected chi connectivity index (χ0v) is 12.4. The number of benzene rings is 1. The molecule has 0 aliphatic heterocycles. The van der Waals surface area contributed by atoms with Crippen LogP contribution in [0.4, 0.5) is 5.69 Å². The number of aromatic amines is 1. The van der Waals surface area contributed by atoms with E-state index in [1.807, 2.05) is 44.2 Å². The van der Waals surface area contributed by atoms with Crippen molar-refractivity contribution in [2.24, 2.45) is 0 Å². The Morgan fingerprint density at radius 1 is 1.19 bits per heavy atom. The van der Waals surface area contributed by atoms with Gasteiger partial charge in [-0.3, -0.25) is 14.9 Å². The van der Waals surface area contributed by atoms with Gasteiger partial charge in [0.1, 0.15) is 4.70 Å². The molecule has 3 rings (SSSR count). The number of nitro groups is 1. The number of fused-ring (bicyclic) bond motifs is 1. The molecular formula is C15H14N2O3S. The monoisotopic (exact) mass is 302 g/mol. The van der Waals surface area contributed by atoms with E-state index in [0.717, 1.165) is 16.6 Å². The van der Waals surface area contributed by atoms with Crippen LogP contribution in [0.1, 0.15) is 13.8 Å². The summed E-state index contributed by atoms with van der Waals surface area (Å²) in [6, 6.07) is 11.2. The van der Waals surface area contributed by atoms with Crippen LogP contribution in [0.15, 0.2) is 47.4 Å². The summed E-state index contributed by atoms with van der Waals surface area (Å²) in [4.78, 5) is 25.4. The summed E-state index contributed by atoms with van der Waals surface area (Å²) in [6.45, 7) is 4.00. The van der Waals surface area contributed by atoms with Crippen LogP contribution < -0.4 is 5.56 Å². The Morgan fingerprint density at radius 2 is 1.86 bits per heavy atom. The number of nitrogens with zero attached hydrogens (tertiary/aromatic N) is 1. The minimum atomic E-state index is -0.483. The van der Waals surface area contributed by atoms with Crippen molar-refractivity contribution in [3.05, 3.63) is 63.1 Å². The van der Waals surface area contributed by atoms with E-state index in [1.165, 1.54) is 11.3 Å². The van der Waals surface area contributed by atoms with E-state index in [2.05, 4.69) is 4.98 Å². The van der Waals surface area contributed by atoms with Crippen LogP contribution in [0.5, 0.6) is 0 Å². The Labute approximate surface area is 125 Å². The van der Waals surface area contributed by atoms with Gasteiger partial charge in [-0.05, 0) is 11.6 Å². The van der Waals surface area contributed by atoms with Gasteiger partial charge < -0.3 is 4.98 Å². The summed E-state index contributed by atoms with van der Waals surface area (Å²) >= 11 is 1.26. The molecule has 0 atom stereocenters. The van der Waals surface area contributed by atoms with E-state index in [-0.39, 0.29) is 11.2 Å². The summed E-state index contributed by atoms with van der Waals surface area (Å²) in [5, 5.41) is 11.3. The number of hydrogen-bond acceptors (Lipinski definition) is 4. The summed E-state index contributed by atoms with van der Waals surface area (Å²) in [5.41, 5.74) is 0.568. The highest BCUT2D eigenvalue weighted by molar-refractivity contribution is 7.22. The van der Waals surface area contributed by atoms with Crippen LogP contribution >= 0.6 is 11.3 Å². The lowest BCUT2D eigenvalue weighted by molar-refractivity contribution is -0.383. The Kier molecular flexibility index (Phi) is 4.49. The van der Waals surface area contributed by atoms with Gasteiger partial charge >= 0.3 is 5.69 Å². The van der Waals surface area contributed by atoms with E-state index in [1.54, 1.807) is 6.07 Å². The maximum atomic E-state index is 11.7. The Hall–Kier alpha value is -2.47. The molecule has 6 heteroatoms. The zero-order valence-electron chi connectivity index (χ0n) is 11.6. The molecule has 108 valence electrons. The van der Waals surface area contributed by atoms with Crippen LogP contribution in [-0.2, 0) is 0 Å². The van der Waals surface area contributed by atoms with Crippen molar-refractivity contribution in [3.8, 4) is 10.4 Å². The number of aromatic nitrogens is 1. The molecule has 0 aliphatic carbocycles. The molecule has 0 radical (unpaired) electrons. The molecular weight excluding hydrogens is 288 g/mol. The number of pyridine rings is 1. The highest BCUT2D eigenvalue weighted by Crippen LogP contribution is 2.36. The second kappa shape index (κ2) is 6.32. The maximum Gasteiger partial charge on any atom is 0.303 e. The van der Waals surface area contributed by atoms with E-state index in [0.29, 0.717) is 10.1 Å². The highest BCUT2D eigenvalue weighted by atomic mass is 32.1. The SMILES string of the molecule is CC.O=c1[nH]cc([N+](=O)[O-])c2sc(-c3ccccc3)cc12. The van der Waals surface area contributed by atoms with Crippen molar-refractivity contribution in [2.45, 2.75) is 13.8 Å². The van der Waals surface area contributed by atoms with Crippen molar-refractivity contribution in [3.63, 3.8) is 0 Å². The fourth-order valence-corrected chi connectivity index (χ4v) is 3.06. The van der Waals surface area contributed by atoms with Crippen LogP contribution in [0.25, 0.3) is 20.5 Å². The fraction of sp³-hybridized carbons (Fsp3) is 0.133. The van der Waals surface area contributed by atoms with Crippen LogP contribution in [-0.4, -0.2) is 9.91 Å². The second-order valence-corrected chi connectivity index (χ2v) is 5.03. The number of H-pyrrole nitrogens is 1. The largest absolute Gasteiger partial charge is 0.322 e. The topological polar surface area (TPSA) is 76.0 Å². The fourth-order valence-electron chi connectivity index (χ4n) is 1.91. The summed E-state index contributed by atoms with van der Waals surface area (Å²) in [6.07, 6.45) is 1.15. The van der Waals surface area contributed by atoms with Crippen LogP contribution in [0, 0.1) is 10.1 Å². The van der Waals surface area contributed by atoms with E-state index >= 15 is 0 Å². The van der Waals surface area contributed by atoms with E-state index < -0.39 is 4.92 Å². The van der Waals surface area contributed by atoms with Crippen LogP contribution in [0.3, 0.4) is 0 Å². The molecule has 1 N–H and O–H groups in total. The smallest absolute Gasteiger partial charge is 0.303 e. The van der Waals surface area contributed by atoms with E-state index in [4.69, 9.17) is 0 Å². The first kappa shape index (κ1) is 14.9. The average Bonchev–Trinajstić information content (AvgIpc) is 2.96. The third kappa shape index (κ3) is 2.85. The molecule has 0 bridgehead atoms. The molecule has 0 spiro atoms. The minimum Gasteiger partial charge on any atom is -0.322 e. The molecule has 21 heavy (non-hydrogen) atoms. The van der Waals surface area contributed by atoms with Gasteiger partial charge in [-0.15, -0.1) is 11.3 Å². The highest BCUT2D eigenvalue weighted by Gasteiger charge is 2.17. The minimum absolute atomic E-state index is 0.0678. The van der Waals surface area contributed by atoms with Crippen molar-refractivity contribution >= 4 is 27.1 Å². The predicted octanol–water partition coefficient (Wildman–Crippen LogP) is 4.19. The molecule has 0 saturated heterocycles. The van der Waals surface area contributed by atoms with Gasteiger partial charge in [0.25, 0.3) is 5.56 Å². The lowest BCUT2D eigenvalue weighted by Crippen LogP contribution is -2.05. The molecule has 3 aromatic rings. The molecule has 2 heterocycles. The molecule has 0 amide bonds. The Morgan fingerprint density at radius 3 is 2.48 bits per heavy atom. The normalized spacial score (nSPS) is 10.0. The molecule has 0 unspecified atom stereocenters. The number of thiophene rings is 1. The van der Waals surface area contributed by atoms with Gasteiger partial charge in [0, 0.05) is 4.88 Å². The number of rotatable bonds is 2. The van der Waals surface area contributed by atoms with Crippen LogP contribution in [0.2, 0.25) is 0 Å². The standard InChI is InChI=1S/C13H8N2O3S.C2H6/c16-13-9-6-11(8-4-2-1-3-5-8)19-12(9)10(7-14-13)15(17)18;1-2/h1-7H,(H,14,16);1-2H3. The quantitative estimate of drug-likeness (QED) is 0.569. The molecule has 0 aliphatic rings. The second-order valence-electron chi connectivity index (χ2n) is 3.98. The third-order valence-corrected chi connectivity index (χ3v) is 4.01. The molecule has 2 aromatic heterocycles. The summed E-state index contributed by atoms with van der Waals surface area (Å²) in [5.74, 6) is 0. The molecule has 0 saturated carbocycles. The van der Waals surface area contributed by atoms with Gasteiger partial charge in [0.2, 0.25) is 0 Å². The Bertz CT molecular complexity index is 822. The number of hydrogen-bond donors (Lipinski definition) is 1. The lowest BCUT2D eigenvalue weighted by Gasteiger charge is -1.93. The Balaban J connectivity index is 0.000000774. The first-order valence-corrected chi connectivity index (χ1v) is 7.33. The lowest BCUT2D eigenvalue weighted by atomic mass is 10.2.